The first-order valence-electron chi connectivity index (χ1n) is 11.6. The Bertz CT molecular complexity index is 1230. The molecular formula is C31H34Cl3SiTi. The Labute approximate surface area is 253 Å². The Morgan fingerprint density at radius 2 is 1.08 bits per heavy atom. The van der Waals surface area contributed by atoms with Gasteiger partial charge in [-0.05, 0) is 27.7 Å². The van der Waals surface area contributed by atoms with Crippen molar-refractivity contribution in [3.05, 3.63) is 111 Å². The van der Waals surface area contributed by atoms with Crippen LogP contribution in [0.25, 0.3) is 11.1 Å². The SMILES string of the molecule is Cc1ccc(C)c([Si](C[c-]2c(C)c(C)c(C)c2-c2ccccc2)c2cc(C)ccc2C)c1.[Cl-].[Cl-].[Cl-].[Ti+4]. The van der Waals surface area contributed by atoms with Crippen LogP contribution in [0.1, 0.15) is 44.5 Å². The molecule has 1 radical (unpaired) electrons. The number of halogens is 3. The first-order valence-corrected chi connectivity index (χ1v) is 13.3. The van der Waals surface area contributed by atoms with E-state index in [1.165, 1.54) is 50.1 Å². The maximum atomic E-state index is 2.45. The summed E-state index contributed by atoms with van der Waals surface area (Å²) in [6.07, 6.45) is 0. The number of hydrogen-bond acceptors (Lipinski definition) is 0. The first-order chi connectivity index (χ1) is 15.3. The van der Waals surface area contributed by atoms with Crippen molar-refractivity contribution in [1.29, 1.82) is 0 Å². The molecule has 4 aromatic rings. The molecule has 0 saturated heterocycles. The predicted octanol–water partition coefficient (Wildman–Crippen LogP) is -2.37. The van der Waals surface area contributed by atoms with Gasteiger partial charge in [-0.15, -0.1) is 16.7 Å². The van der Waals surface area contributed by atoms with Crippen LogP contribution in [0.3, 0.4) is 0 Å². The zero-order chi connectivity index (χ0) is 23.0. The van der Waals surface area contributed by atoms with E-state index in [0.29, 0.717) is 0 Å². The molecule has 0 heterocycles. The molecule has 0 atom stereocenters. The molecule has 36 heavy (non-hydrogen) atoms. The van der Waals surface area contributed by atoms with Gasteiger partial charge in [-0.3, -0.25) is 0 Å². The maximum Gasteiger partial charge on any atom is 4.00 e. The first kappa shape index (κ1) is 34.8. The van der Waals surface area contributed by atoms with Crippen LogP contribution in [-0.4, -0.2) is 8.80 Å². The second-order valence-corrected chi connectivity index (χ2v) is 11.8. The summed E-state index contributed by atoms with van der Waals surface area (Å²) in [5, 5.41) is 3.11. The summed E-state index contributed by atoms with van der Waals surface area (Å²) in [5.74, 6) is 0. The molecule has 0 saturated carbocycles. The summed E-state index contributed by atoms with van der Waals surface area (Å²) in [6, 6.07) is 26.1. The van der Waals surface area contributed by atoms with Crippen LogP contribution < -0.4 is 47.6 Å². The minimum Gasteiger partial charge on any atom is -1.00 e. The Morgan fingerprint density at radius 3 is 1.56 bits per heavy atom. The van der Waals surface area contributed by atoms with Crippen molar-refractivity contribution in [3.63, 3.8) is 0 Å². The largest absolute Gasteiger partial charge is 4.00 e. The second kappa shape index (κ2) is 14.7. The Balaban J connectivity index is 0.00000306. The van der Waals surface area contributed by atoms with E-state index < -0.39 is 8.80 Å². The number of benzene rings is 3. The monoisotopic (exact) mass is 587 g/mol. The molecule has 0 amide bonds. The average Bonchev–Trinajstić information content (AvgIpc) is 2.99. The van der Waals surface area contributed by atoms with Crippen LogP contribution in [-0.2, 0) is 27.8 Å². The molecule has 0 aliphatic rings. The molecule has 0 aliphatic carbocycles. The number of aryl methyl sites for hydroxylation is 4. The summed E-state index contributed by atoms with van der Waals surface area (Å²) in [7, 11) is -1.01. The van der Waals surface area contributed by atoms with Crippen molar-refractivity contribution in [2.75, 3.05) is 0 Å². The molecular weight excluding hydrogens is 555 g/mol. The van der Waals surface area contributed by atoms with Crippen molar-refractivity contribution in [3.8, 4) is 11.1 Å². The van der Waals surface area contributed by atoms with Gasteiger partial charge in [0.15, 0.2) is 0 Å². The van der Waals surface area contributed by atoms with Crippen molar-refractivity contribution in [2.45, 2.75) is 54.5 Å². The normalized spacial score (nSPS) is 10.1. The maximum absolute atomic E-state index is 2.45. The summed E-state index contributed by atoms with van der Waals surface area (Å²) in [5.41, 5.74) is 14.3. The molecule has 187 valence electrons. The van der Waals surface area contributed by atoms with Crippen molar-refractivity contribution in [2.24, 2.45) is 0 Å². The predicted molar refractivity (Wildman–Crippen MR) is 142 cm³/mol. The van der Waals surface area contributed by atoms with Crippen molar-refractivity contribution >= 4 is 19.2 Å². The third-order valence-electron chi connectivity index (χ3n) is 7.11. The van der Waals surface area contributed by atoms with Gasteiger partial charge < -0.3 is 37.2 Å². The molecule has 0 nitrogen and oxygen atoms in total. The fraction of sp³-hybridized carbons (Fsp3) is 0.258. The number of hydrogen-bond donors (Lipinski definition) is 0. The molecule has 4 aromatic carbocycles. The molecule has 5 heteroatoms. The van der Waals surface area contributed by atoms with E-state index in [1.807, 2.05) is 0 Å². The quantitative estimate of drug-likeness (QED) is 0.181. The van der Waals surface area contributed by atoms with E-state index in [0.717, 1.165) is 6.04 Å². The Hall–Kier alpha value is -1.19. The van der Waals surface area contributed by atoms with Gasteiger partial charge >= 0.3 is 21.7 Å². The third kappa shape index (κ3) is 7.01. The van der Waals surface area contributed by atoms with Crippen LogP contribution in [0.2, 0.25) is 0 Å². The zero-order valence-corrected chi connectivity index (χ0v) is 27.0. The van der Waals surface area contributed by atoms with Gasteiger partial charge in [0.1, 0.15) is 8.80 Å². The topological polar surface area (TPSA) is 0 Å². The van der Waals surface area contributed by atoms with Gasteiger partial charge in [-0.1, -0.05) is 132 Å². The van der Waals surface area contributed by atoms with Crippen LogP contribution in [0.4, 0.5) is 0 Å². The molecule has 0 fully saturated rings. The zero-order valence-electron chi connectivity index (χ0n) is 22.2. The summed E-state index contributed by atoms with van der Waals surface area (Å²) in [4.78, 5) is 0. The van der Waals surface area contributed by atoms with E-state index >= 15 is 0 Å². The molecule has 0 spiro atoms. The van der Waals surface area contributed by atoms with Gasteiger partial charge in [-0.2, -0.15) is 11.1 Å². The fourth-order valence-electron chi connectivity index (χ4n) is 4.96. The number of rotatable bonds is 5. The van der Waals surface area contributed by atoms with Crippen molar-refractivity contribution in [1.82, 2.24) is 0 Å². The Kier molecular flexibility index (Phi) is 14.2. The molecule has 0 N–H and O–H groups in total. The third-order valence-corrected chi connectivity index (χ3v) is 10.2. The summed E-state index contributed by atoms with van der Waals surface area (Å²) >= 11 is 0. The second-order valence-electron chi connectivity index (χ2n) is 9.39. The van der Waals surface area contributed by atoms with E-state index in [-0.39, 0.29) is 58.9 Å². The van der Waals surface area contributed by atoms with Gasteiger partial charge in [-0.25, -0.2) is 0 Å². The molecule has 0 unspecified atom stereocenters. The molecule has 0 aromatic heterocycles. The molecule has 4 rings (SSSR count). The van der Waals surface area contributed by atoms with Gasteiger partial charge in [0, 0.05) is 0 Å². The van der Waals surface area contributed by atoms with E-state index in [2.05, 4.69) is 115 Å². The standard InChI is InChI=1S/C31H34Si.3ClH.Ti/c1-20-13-15-22(3)29(17-20)32(30-18-21(2)14-16-23(30)4)19-28-25(6)24(5)26(7)31(28)27-11-9-8-10-12-27;;;;/h8-18H,19H2,1-7H3;3*1H;/q-1;;;;+4/p-3. The minimum atomic E-state index is -1.01. The minimum absolute atomic E-state index is 0. The van der Waals surface area contributed by atoms with Crippen LogP contribution in [0.15, 0.2) is 66.7 Å². The van der Waals surface area contributed by atoms with E-state index in [9.17, 15) is 0 Å². The Morgan fingerprint density at radius 1 is 0.611 bits per heavy atom. The summed E-state index contributed by atoms with van der Waals surface area (Å²) in [6.45, 7) is 16.0. The van der Waals surface area contributed by atoms with Gasteiger partial charge in [0.25, 0.3) is 0 Å². The van der Waals surface area contributed by atoms with E-state index in [1.54, 1.807) is 15.9 Å². The van der Waals surface area contributed by atoms with Crippen LogP contribution in [0, 0.1) is 48.5 Å². The average molecular weight is 589 g/mol. The fourth-order valence-corrected chi connectivity index (χ4v) is 8.35. The van der Waals surface area contributed by atoms with E-state index in [4.69, 9.17) is 0 Å². The smallest absolute Gasteiger partial charge is 1.00 e. The van der Waals surface area contributed by atoms with Crippen LogP contribution in [0.5, 0.6) is 0 Å². The summed E-state index contributed by atoms with van der Waals surface area (Å²) < 4.78 is 0. The van der Waals surface area contributed by atoms with Gasteiger partial charge in [0.05, 0.1) is 0 Å². The molecule has 0 aliphatic heterocycles. The molecule has 0 bridgehead atoms. The van der Waals surface area contributed by atoms with Crippen molar-refractivity contribution < 1.29 is 58.9 Å². The van der Waals surface area contributed by atoms with Crippen LogP contribution >= 0.6 is 0 Å². The van der Waals surface area contributed by atoms with Gasteiger partial charge in [0.2, 0.25) is 0 Å².